The standard InChI is InChI=1S/C17H26N2S/c1-4-13-20-17-8-6-5-7-16(17)18-15-9-11-19(12-10-15)14(2)3/h4-8,14-15,18H,1,9-13H2,2-3H3. The SMILES string of the molecule is C=CCSc1ccccc1NC1CCN(C(C)C)CC1. The number of thioether (sulfide) groups is 1. The van der Waals surface area contributed by atoms with Gasteiger partial charge in [-0.25, -0.2) is 0 Å². The average molecular weight is 290 g/mol. The lowest BCUT2D eigenvalue weighted by Crippen LogP contribution is -2.42. The molecule has 3 heteroatoms. The van der Waals surface area contributed by atoms with Gasteiger partial charge in [0.25, 0.3) is 0 Å². The van der Waals surface area contributed by atoms with Crippen LogP contribution in [0.15, 0.2) is 41.8 Å². The summed E-state index contributed by atoms with van der Waals surface area (Å²) in [4.78, 5) is 3.90. The van der Waals surface area contributed by atoms with Gasteiger partial charge in [-0.05, 0) is 38.8 Å². The largest absolute Gasteiger partial charge is 0.381 e. The molecular weight excluding hydrogens is 264 g/mol. The Kier molecular flexibility index (Phi) is 5.99. The number of para-hydroxylation sites is 1. The van der Waals surface area contributed by atoms with Crippen LogP contribution in [-0.4, -0.2) is 35.8 Å². The maximum atomic E-state index is 3.80. The number of anilines is 1. The molecule has 0 bridgehead atoms. The molecule has 2 rings (SSSR count). The predicted molar refractivity (Wildman–Crippen MR) is 90.7 cm³/mol. The molecule has 20 heavy (non-hydrogen) atoms. The second-order valence-corrected chi connectivity index (χ2v) is 6.71. The minimum atomic E-state index is 0.607. The lowest BCUT2D eigenvalue weighted by molar-refractivity contribution is 0.177. The van der Waals surface area contributed by atoms with E-state index in [9.17, 15) is 0 Å². The van der Waals surface area contributed by atoms with E-state index in [-0.39, 0.29) is 0 Å². The highest BCUT2D eigenvalue weighted by atomic mass is 32.2. The summed E-state index contributed by atoms with van der Waals surface area (Å²) in [5.74, 6) is 0.963. The number of likely N-dealkylation sites (tertiary alicyclic amines) is 1. The fraction of sp³-hybridized carbons (Fsp3) is 0.529. The van der Waals surface area contributed by atoms with E-state index in [2.05, 4.69) is 54.9 Å². The molecule has 1 N–H and O–H groups in total. The second kappa shape index (κ2) is 7.75. The lowest BCUT2D eigenvalue weighted by atomic mass is 10.0. The third-order valence-corrected chi connectivity index (χ3v) is 4.93. The summed E-state index contributed by atoms with van der Waals surface area (Å²) in [6, 6.07) is 9.89. The Hall–Kier alpha value is -0.930. The van der Waals surface area contributed by atoms with Crippen molar-refractivity contribution in [1.29, 1.82) is 0 Å². The van der Waals surface area contributed by atoms with Crippen LogP contribution in [0.25, 0.3) is 0 Å². The van der Waals surface area contributed by atoms with Crippen molar-refractivity contribution in [3.8, 4) is 0 Å². The van der Waals surface area contributed by atoms with E-state index in [4.69, 9.17) is 0 Å². The molecule has 2 nitrogen and oxygen atoms in total. The molecule has 0 atom stereocenters. The highest BCUT2D eigenvalue weighted by molar-refractivity contribution is 7.99. The molecule has 1 heterocycles. The van der Waals surface area contributed by atoms with Gasteiger partial charge in [0.15, 0.2) is 0 Å². The molecule has 1 aromatic carbocycles. The fourth-order valence-electron chi connectivity index (χ4n) is 2.64. The maximum Gasteiger partial charge on any atom is 0.0480 e. The number of benzene rings is 1. The van der Waals surface area contributed by atoms with Crippen LogP contribution in [0.2, 0.25) is 0 Å². The Morgan fingerprint density at radius 3 is 2.70 bits per heavy atom. The predicted octanol–water partition coefficient (Wildman–Crippen LogP) is 4.25. The summed E-state index contributed by atoms with van der Waals surface area (Å²) in [7, 11) is 0. The van der Waals surface area contributed by atoms with Gasteiger partial charge in [-0.3, -0.25) is 0 Å². The van der Waals surface area contributed by atoms with Crippen LogP contribution >= 0.6 is 11.8 Å². The van der Waals surface area contributed by atoms with Crippen molar-refractivity contribution in [2.24, 2.45) is 0 Å². The number of hydrogen-bond acceptors (Lipinski definition) is 3. The first-order chi connectivity index (χ1) is 9.70. The van der Waals surface area contributed by atoms with Crippen molar-refractivity contribution < 1.29 is 0 Å². The lowest BCUT2D eigenvalue weighted by Gasteiger charge is -2.35. The van der Waals surface area contributed by atoms with Gasteiger partial charge in [0, 0.05) is 41.5 Å². The van der Waals surface area contributed by atoms with Crippen molar-refractivity contribution in [1.82, 2.24) is 4.90 Å². The number of piperidine rings is 1. The van der Waals surface area contributed by atoms with Crippen LogP contribution in [0.4, 0.5) is 5.69 Å². The van der Waals surface area contributed by atoms with Gasteiger partial charge in [0.2, 0.25) is 0 Å². The second-order valence-electron chi connectivity index (χ2n) is 5.64. The van der Waals surface area contributed by atoms with Crippen molar-refractivity contribution in [2.75, 3.05) is 24.2 Å². The highest BCUT2D eigenvalue weighted by Gasteiger charge is 2.21. The molecular formula is C17H26N2S. The van der Waals surface area contributed by atoms with E-state index in [1.54, 1.807) is 0 Å². The van der Waals surface area contributed by atoms with E-state index in [1.165, 1.54) is 36.5 Å². The van der Waals surface area contributed by atoms with Gasteiger partial charge in [-0.15, -0.1) is 18.3 Å². The van der Waals surface area contributed by atoms with Gasteiger partial charge in [0.05, 0.1) is 0 Å². The van der Waals surface area contributed by atoms with E-state index in [1.807, 2.05) is 17.8 Å². The number of hydrogen-bond donors (Lipinski definition) is 1. The van der Waals surface area contributed by atoms with Crippen LogP contribution in [0.3, 0.4) is 0 Å². The summed E-state index contributed by atoms with van der Waals surface area (Å²) in [6.07, 6.45) is 4.43. The van der Waals surface area contributed by atoms with Gasteiger partial charge < -0.3 is 10.2 Å². The molecule has 0 unspecified atom stereocenters. The van der Waals surface area contributed by atoms with Crippen LogP contribution in [-0.2, 0) is 0 Å². The molecule has 110 valence electrons. The van der Waals surface area contributed by atoms with E-state index < -0.39 is 0 Å². The molecule has 0 amide bonds. The smallest absolute Gasteiger partial charge is 0.0480 e. The molecule has 0 radical (unpaired) electrons. The van der Waals surface area contributed by atoms with Crippen LogP contribution < -0.4 is 5.32 Å². The summed E-state index contributed by atoms with van der Waals surface area (Å²) in [6.45, 7) is 10.8. The zero-order valence-electron chi connectivity index (χ0n) is 12.6. The Bertz CT molecular complexity index is 423. The van der Waals surface area contributed by atoms with E-state index >= 15 is 0 Å². The quantitative estimate of drug-likeness (QED) is 0.623. The minimum Gasteiger partial charge on any atom is -0.381 e. The average Bonchev–Trinajstić information content (AvgIpc) is 2.47. The van der Waals surface area contributed by atoms with Gasteiger partial charge in [0.1, 0.15) is 0 Å². The van der Waals surface area contributed by atoms with Crippen molar-refractivity contribution in [2.45, 2.75) is 43.7 Å². The Balaban J connectivity index is 1.92. The van der Waals surface area contributed by atoms with Crippen molar-refractivity contribution in [3.05, 3.63) is 36.9 Å². The zero-order chi connectivity index (χ0) is 14.4. The zero-order valence-corrected chi connectivity index (χ0v) is 13.5. The van der Waals surface area contributed by atoms with E-state index in [0.29, 0.717) is 12.1 Å². The Labute approximate surface area is 127 Å². The Morgan fingerprint density at radius 1 is 1.35 bits per heavy atom. The summed E-state index contributed by atoms with van der Waals surface area (Å²) in [5.41, 5.74) is 1.28. The molecule has 1 aliphatic heterocycles. The number of nitrogens with one attached hydrogen (secondary N) is 1. The van der Waals surface area contributed by atoms with Crippen molar-refractivity contribution in [3.63, 3.8) is 0 Å². The number of rotatable bonds is 6. The van der Waals surface area contributed by atoms with Crippen LogP contribution in [0, 0.1) is 0 Å². The highest BCUT2D eigenvalue weighted by Crippen LogP contribution is 2.29. The first-order valence-corrected chi connectivity index (χ1v) is 8.52. The summed E-state index contributed by atoms with van der Waals surface area (Å²) < 4.78 is 0. The first-order valence-electron chi connectivity index (χ1n) is 7.54. The van der Waals surface area contributed by atoms with E-state index in [0.717, 1.165) is 5.75 Å². The molecule has 1 aromatic rings. The van der Waals surface area contributed by atoms with Crippen molar-refractivity contribution >= 4 is 17.4 Å². The molecule has 0 spiro atoms. The van der Waals surface area contributed by atoms with Gasteiger partial charge in [-0.2, -0.15) is 0 Å². The normalized spacial score (nSPS) is 17.4. The molecule has 1 saturated heterocycles. The monoisotopic (exact) mass is 290 g/mol. The van der Waals surface area contributed by atoms with Crippen LogP contribution in [0.1, 0.15) is 26.7 Å². The third kappa shape index (κ3) is 4.29. The molecule has 1 fully saturated rings. The molecule has 1 aliphatic rings. The third-order valence-electron chi connectivity index (χ3n) is 3.86. The van der Waals surface area contributed by atoms with Gasteiger partial charge in [-0.1, -0.05) is 18.2 Å². The summed E-state index contributed by atoms with van der Waals surface area (Å²) in [5, 5.41) is 3.74. The molecule has 0 saturated carbocycles. The van der Waals surface area contributed by atoms with Crippen LogP contribution in [0.5, 0.6) is 0 Å². The summed E-state index contributed by atoms with van der Waals surface area (Å²) >= 11 is 1.85. The molecule has 0 aliphatic carbocycles. The fourth-order valence-corrected chi connectivity index (χ4v) is 3.40. The maximum absolute atomic E-state index is 3.80. The molecule has 0 aromatic heterocycles. The number of nitrogens with zero attached hydrogens (tertiary/aromatic N) is 1. The van der Waals surface area contributed by atoms with Gasteiger partial charge >= 0.3 is 0 Å². The Morgan fingerprint density at radius 2 is 2.05 bits per heavy atom. The minimum absolute atomic E-state index is 0.607. The first kappa shape index (κ1) is 15.5. The topological polar surface area (TPSA) is 15.3 Å².